The molecule has 0 unspecified atom stereocenters. The second kappa shape index (κ2) is 14.9. The van der Waals surface area contributed by atoms with Crippen LogP contribution in [-0.2, 0) is 46.6 Å². The van der Waals surface area contributed by atoms with Crippen LogP contribution >= 0.6 is 0 Å². The standard InChI is InChI=1S/C13H13NO5.C12H15NO4/c15-11(18-8-9-4-2-1-3-5-9)7-6-10-12(16)19-13(17)14-10;13-10(12(15)16)6-7-11(14)17-8-9-4-2-1-3-5-9/h1-5,10H,6-8H2,(H,14,17);1-5,10H,6-8,13H2,(H,15,16)/t2*10-/m00/s1. The predicted octanol–water partition coefficient (Wildman–Crippen LogP) is 2.07. The fraction of sp³-hybridized carbons (Fsp3) is 0.320. The number of rotatable bonds is 11. The SMILES string of the molecule is N[C@@H](CCC(=O)OCc1ccccc1)C(=O)O.O=C(CC[C@@H]1NC(=O)OC1=O)OCc1ccccc1. The summed E-state index contributed by atoms with van der Waals surface area (Å²) in [6, 6.07) is 16.8. The van der Waals surface area contributed by atoms with Crippen molar-refractivity contribution in [3.05, 3.63) is 71.8 Å². The molecule has 11 nitrogen and oxygen atoms in total. The first-order valence-corrected chi connectivity index (χ1v) is 11.1. The van der Waals surface area contributed by atoms with Crippen molar-refractivity contribution in [1.29, 1.82) is 0 Å². The number of hydrogen-bond donors (Lipinski definition) is 3. The van der Waals surface area contributed by atoms with Crippen LogP contribution in [0.25, 0.3) is 0 Å². The van der Waals surface area contributed by atoms with Crippen LogP contribution in [0.15, 0.2) is 60.7 Å². The quantitative estimate of drug-likeness (QED) is 0.236. The Balaban J connectivity index is 0.000000255. The predicted molar refractivity (Wildman–Crippen MR) is 125 cm³/mol. The van der Waals surface area contributed by atoms with Crippen LogP contribution in [0.5, 0.6) is 0 Å². The lowest BCUT2D eigenvalue weighted by molar-refractivity contribution is -0.146. The van der Waals surface area contributed by atoms with Crippen LogP contribution < -0.4 is 11.1 Å². The molecule has 3 rings (SSSR count). The summed E-state index contributed by atoms with van der Waals surface area (Å²) in [6.07, 6.45) is -0.443. The summed E-state index contributed by atoms with van der Waals surface area (Å²) in [4.78, 5) is 55.0. The highest BCUT2D eigenvalue weighted by molar-refractivity contribution is 5.95. The molecule has 1 amide bonds. The van der Waals surface area contributed by atoms with Gasteiger partial charge in [-0.25, -0.2) is 9.59 Å². The maximum Gasteiger partial charge on any atom is 0.415 e. The lowest BCUT2D eigenvalue weighted by atomic mass is 10.1. The number of alkyl carbamates (subject to hydrolysis) is 1. The fourth-order valence-electron chi connectivity index (χ4n) is 2.86. The number of carbonyl (C=O) groups is 5. The molecular formula is C25H28N2O9. The highest BCUT2D eigenvalue weighted by Gasteiger charge is 2.32. The fourth-order valence-corrected chi connectivity index (χ4v) is 2.86. The van der Waals surface area contributed by atoms with Crippen molar-refractivity contribution in [2.24, 2.45) is 5.73 Å². The summed E-state index contributed by atoms with van der Waals surface area (Å²) < 4.78 is 14.3. The first-order chi connectivity index (χ1) is 17.2. The van der Waals surface area contributed by atoms with E-state index in [1.165, 1.54) is 0 Å². The van der Waals surface area contributed by atoms with Gasteiger partial charge in [0.15, 0.2) is 0 Å². The Labute approximate surface area is 207 Å². The number of amides is 1. The molecule has 2 aromatic rings. The molecule has 1 aliphatic heterocycles. The summed E-state index contributed by atoms with van der Waals surface area (Å²) in [5.74, 6) is -2.62. The molecule has 2 aromatic carbocycles. The molecule has 11 heteroatoms. The van der Waals surface area contributed by atoms with Crippen molar-refractivity contribution in [1.82, 2.24) is 5.32 Å². The molecule has 192 valence electrons. The Bertz CT molecular complexity index is 1030. The highest BCUT2D eigenvalue weighted by atomic mass is 16.6. The van der Waals surface area contributed by atoms with Crippen molar-refractivity contribution in [3.8, 4) is 0 Å². The number of carbonyl (C=O) groups excluding carboxylic acids is 4. The molecule has 0 aliphatic carbocycles. The van der Waals surface area contributed by atoms with Crippen molar-refractivity contribution >= 4 is 30.0 Å². The van der Waals surface area contributed by atoms with Gasteiger partial charge in [-0.3, -0.25) is 14.4 Å². The number of carboxylic acids is 1. The zero-order valence-electron chi connectivity index (χ0n) is 19.5. The van der Waals surface area contributed by atoms with E-state index in [2.05, 4.69) is 10.1 Å². The number of cyclic esters (lactones) is 2. The normalized spacial score (nSPS) is 15.0. The average Bonchev–Trinajstić information content (AvgIpc) is 3.21. The zero-order chi connectivity index (χ0) is 26.3. The van der Waals surface area contributed by atoms with E-state index in [0.29, 0.717) is 0 Å². The molecule has 0 radical (unpaired) electrons. The van der Waals surface area contributed by atoms with E-state index in [0.717, 1.165) is 11.1 Å². The van der Waals surface area contributed by atoms with Crippen LogP contribution in [0.3, 0.4) is 0 Å². The zero-order valence-corrected chi connectivity index (χ0v) is 19.5. The van der Waals surface area contributed by atoms with Gasteiger partial charge in [0.1, 0.15) is 25.3 Å². The Kier molecular flexibility index (Phi) is 11.6. The molecule has 0 aromatic heterocycles. The van der Waals surface area contributed by atoms with Crippen molar-refractivity contribution in [2.45, 2.75) is 51.0 Å². The van der Waals surface area contributed by atoms with Crippen LogP contribution in [0.2, 0.25) is 0 Å². The number of hydrogen-bond acceptors (Lipinski definition) is 9. The van der Waals surface area contributed by atoms with E-state index < -0.39 is 42.1 Å². The third kappa shape index (κ3) is 10.8. The molecule has 1 aliphatic rings. The number of nitrogens with one attached hydrogen (secondary N) is 1. The van der Waals surface area contributed by atoms with Crippen molar-refractivity contribution < 1.29 is 43.3 Å². The van der Waals surface area contributed by atoms with Gasteiger partial charge in [-0.1, -0.05) is 60.7 Å². The highest BCUT2D eigenvalue weighted by Crippen LogP contribution is 2.09. The second-order valence-electron chi connectivity index (χ2n) is 7.72. The van der Waals surface area contributed by atoms with Gasteiger partial charge < -0.3 is 30.4 Å². The van der Waals surface area contributed by atoms with E-state index in [-0.39, 0.29) is 38.9 Å². The number of ether oxygens (including phenoxy) is 3. The summed E-state index contributed by atoms with van der Waals surface area (Å²) in [5.41, 5.74) is 7.05. The van der Waals surface area contributed by atoms with Gasteiger partial charge in [0, 0.05) is 12.8 Å². The molecule has 0 bridgehead atoms. The average molecular weight is 501 g/mol. The van der Waals surface area contributed by atoms with Gasteiger partial charge in [-0.2, -0.15) is 0 Å². The molecule has 1 saturated heterocycles. The molecular weight excluding hydrogens is 472 g/mol. The first-order valence-electron chi connectivity index (χ1n) is 11.1. The third-order valence-corrected chi connectivity index (χ3v) is 4.87. The number of benzene rings is 2. The first kappa shape index (κ1) is 28.0. The van der Waals surface area contributed by atoms with E-state index in [1.54, 1.807) is 0 Å². The minimum atomic E-state index is -1.11. The molecule has 4 N–H and O–H groups in total. The maximum atomic E-state index is 11.5. The Morgan fingerprint density at radius 1 is 0.889 bits per heavy atom. The number of nitrogens with two attached hydrogens (primary N) is 1. The van der Waals surface area contributed by atoms with E-state index in [9.17, 15) is 24.0 Å². The monoisotopic (exact) mass is 500 g/mol. The van der Waals surface area contributed by atoms with Gasteiger partial charge in [-0.15, -0.1) is 0 Å². The van der Waals surface area contributed by atoms with Crippen LogP contribution in [0.1, 0.15) is 36.8 Å². The van der Waals surface area contributed by atoms with Gasteiger partial charge in [0.2, 0.25) is 0 Å². The summed E-state index contributed by atoms with van der Waals surface area (Å²) in [6.45, 7) is 0.392. The molecule has 36 heavy (non-hydrogen) atoms. The van der Waals surface area contributed by atoms with Crippen molar-refractivity contribution in [3.63, 3.8) is 0 Å². The Morgan fingerprint density at radius 3 is 1.83 bits per heavy atom. The number of carboxylic acid groups (broad SMARTS) is 1. The Hall–Kier alpha value is -4.25. The third-order valence-electron chi connectivity index (χ3n) is 4.87. The topological polar surface area (TPSA) is 171 Å². The maximum absolute atomic E-state index is 11.5. The summed E-state index contributed by atoms with van der Waals surface area (Å²) in [7, 11) is 0. The van der Waals surface area contributed by atoms with Crippen LogP contribution in [-0.4, -0.2) is 47.2 Å². The van der Waals surface area contributed by atoms with Gasteiger partial charge in [-0.05, 0) is 24.0 Å². The Morgan fingerprint density at radius 2 is 1.39 bits per heavy atom. The van der Waals surface area contributed by atoms with Crippen LogP contribution in [0.4, 0.5) is 4.79 Å². The molecule has 0 saturated carbocycles. The van der Waals surface area contributed by atoms with Gasteiger partial charge in [0.05, 0.1) is 0 Å². The lowest BCUT2D eigenvalue weighted by Gasteiger charge is -2.07. The van der Waals surface area contributed by atoms with E-state index in [4.69, 9.17) is 20.3 Å². The number of aliphatic carboxylic acids is 1. The number of esters is 3. The van der Waals surface area contributed by atoms with Gasteiger partial charge in [0.25, 0.3) is 0 Å². The summed E-state index contributed by atoms with van der Waals surface area (Å²) >= 11 is 0. The largest absolute Gasteiger partial charge is 0.480 e. The molecule has 0 spiro atoms. The molecule has 1 fully saturated rings. The van der Waals surface area contributed by atoms with E-state index >= 15 is 0 Å². The molecule has 2 atom stereocenters. The van der Waals surface area contributed by atoms with Crippen molar-refractivity contribution in [2.75, 3.05) is 0 Å². The second-order valence-corrected chi connectivity index (χ2v) is 7.72. The minimum absolute atomic E-state index is 0.0142. The molecule has 1 heterocycles. The lowest BCUT2D eigenvalue weighted by Crippen LogP contribution is -2.30. The minimum Gasteiger partial charge on any atom is -0.480 e. The summed E-state index contributed by atoms with van der Waals surface area (Å²) in [5, 5.41) is 10.8. The van der Waals surface area contributed by atoms with Crippen LogP contribution in [0, 0.1) is 0 Å². The van der Waals surface area contributed by atoms with E-state index in [1.807, 2.05) is 60.7 Å². The smallest absolute Gasteiger partial charge is 0.415 e. The van der Waals surface area contributed by atoms with Gasteiger partial charge >= 0.3 is 30.0 Å².